The number of nitrogens with two attached hydrogens (primary N) is 1. The predicted octanol–water partition coefficient (Wildman–Crippen LogP) is 1.07. The Morgan fingerprint density at radius 3 is 2.73 bits per heavy atom. The minimum Gasteiger partial charge on any atom is -0.475 e. The molecule has 0 fully saturated rings. The summed E-state index contributed by atoms with van der Waals surface area (Å²) in [6.45, 7) is 0. The molecule has 5 nitrogen and oxygen atoms in total. The molecule has 1 aromatic heterocycles. The molecule has 0 aliphatic heterocycles. The molecule has 0 radical (unpaired) electrons. The lowest BCUT2D eigenvalue weighted by molar-refractivity contribution is 0.0663. The Bertz CT molecular complexity index is 600. The second kappa shape index (κ2) is 3.13. The van der Waals surface area contributed by atoms with Crippen molar-refractivity contribution in [1.29, 1.82) is 0 Å². The van der Waals surface area contributed by atoms with Crippen LogP contribution >= 0.6 is 0 Å². The van der Waals surface area contributed by atoms with E-state index in [2.05, 4.69) is 0 Å². The molecule has 0 saturated heterocycles. The van der Waals surface area contributed by atoms with Crippen LogP contribution < -0.4 is 11.2 Å². The van der Waals surface area contributed by atoms with Crippen LogP contribution in [0.2, 0.25) is 0 Å². The van der Waals surface area contributed by atoms with Gasteiger partial charge >= 0.3 is 5.97 Å². The molecular weight excluding hydrogens is 198 g/mol. The molecule has 2 rings (SSSR count). The van der Waals surface area contributed by atoms with Gasteiger partial charge < -0.3 is 15.3 Å². The summed E-state index contributed by atoms with van der Waals surface area (Å²) in [5, 5.41) is 8.99. The smallest absolute Gasteiger partial charge is 0.371 e. The van der Waals surface area contributed by atoms with Crippen molar-refractivity contribution in [1.82, 2.24) is 0 Å². The van der Waals surface area contributed by atoms with Gasteiger partial charge in [-0.25, -0.2) is 4.79 Å². The molecule has 0 atom stereocenters. The first-order valence-electron chi connectivity index (χ1n) is 4.14. The molecule has 76 valence electrons. The number of nitrogen functional groups attached to an aromatic ring is 1. The topological polar surface area (TPSA) is 93.5 Å². The van der Waals surface area contributed by atoms with Crippen LogP contribution in [0.15, 0.2) is 33.5 Å². The molecule has 5 heteroatoms. The Kier molecular flexibility index (Phi) is 1.93. The highest BCUT2D eigenvalue weighted by Crippen LogP contribution is 2.15. The number of fused-ring (bicyclic) bond motifs is 1. The lowest BCUT2D eigenvalue weighted by atomic mass is 10.2. The summed E-state index contributed by atoms with van der Waals surface area (Å²) in [4.78, 5) is 22.1. The summed E-state index contributed by atoms with van der Waals surface area (Å²) in [5.74, 6) is -1.67. The summed E-state index contributed by atoms with van der Waals surface area (Å²) < 4.78 is 5.01. The number of benzene rings is 1. The normalized spacial score (nSPS) is 10.4. The molecule has 2 aromatic rings. The average Bonchev–Trinajstić information content (AvgIpc) is 2.16. The first-order chi connectivity index (χ1) is 7.08. The summed E-state index contributed by atoms with van der Waals surface area (Å²) in [6, 6.07) is 5.42. The van der Waals surface area contributed by atoms with Crippen LogP contribution in [0, 0.1) is 0 Å². The Balaban J connectivity index is 2.85. The summed E-state index contributed by atoms with van der Waals surface area (Å²) >= 11 is 0. The van der Waals surface area contributed by atoms with E-state index in [1.807, 2.05) is 0 Å². The highest BCUT2D eigenvalue weighted by atomic mass is 16.4. The van der Waals surface area contributed by atoms with E-state index in [1.165, 1.54) is 12.1 Å². The van der Waals surface area contributed by atoms with Crippen LogP contribution in [-0.4, -0.2) is 11.1 Å². The molecule has 0 spiro atoms. The summed E-state index contributed by atoms with van der Waals surface area (Å²) in [7, 11) is 0. The monoisotopic (exact) mass is 205 g/mol. The zero-order valence-corrected chi connectivity index (χ0v) is 7.56. The Hall–Kier alpha value is -2.30. The highest BCUT2D eigenvalue weighted by Gasteiger charge is 2.10. The van der Waals surface area contributed by atoms with Crippen molar-refractivity contribution in [2.75, 3.05) is 5.73 Å². The van der Waals surface area contributed by atoms with Crippen LogP contribution in [0.25, 0.3) is 11.0 Å². The molecule has 0 bridgehead atoms. The number of aromatic carboxylic acids is 1. The van der Waals surface area contributed by atoms with E-state index >= 15 is 0 Å². The number of carboxylic acids is 1. The van der Waals surface area contributed by atoms with E-state index < -0.39 is 17.2 Å². The second-order valence-electron chi connectivity index (χ2n) is 3.04. The van der Waals surface area contributed by atoms with Gasteiger partial charge in [0, 0.05) is 17.8 Å². The molecule has 0 aliphatic carbocycles. The van der Waals surface area contributed by atoms with E-state index in [4.69, 9.17) is 15.3 Å². The minimum atomic E-state index is -1.28. The maximum atomic E-state index is 11.5. The maximum Gasteiger partial charge on any atom is 0.371 e. The van der Waals surface area contributed by atoms with E-state index in [1.54, 1.807) is 6.07 Å². The van der Waals surface area contributed by atoms with Crippen LogP contribution in [0.1, 0.15) is 10.6 Å². The van der Waals surface area contributed by atoms with Crippen molar-refractivity contribution in [3.05, 3.63) is 40.2 Å². The van der Waals surface area contributed by atoms with Crippen molar-refractivity contribution in [3.8, 4) is 0 Å². The third-order valence-corrected chi connectivity index (χ3v) is 1.96. The van der Waals surface area contributed by atoms with Gasteiger partial charge in [-0.15, -0.1) is 0 Å². The van der Waals surface area contributed by atoms with Gasteiger partial charge in [-0.3, -0.25) is 4.79 Å². The van der Waals surface area contributed by atoms with Crippen LogP contribution in [0.4, 0.5) is 5.69 Å². The zero-order chi connectivity index (χ0) is 11.0. The second-order valence-corrected chi connectivity index (χ2v) is 3.04. The largest absolute Gasteiger partial charge is 0.475 e. The SMILES string of the molecule is Nc1ccc2c(=O)cc(C(=O)O)oc2c1. The molecule has 0 amide bonds. The minimum absolute atomic E-state index is 0.180. The molecule has 0 saturated carbocycles. The van der Waals surface area contributed by atoms with Crippen LogP contribution in [-0.2, 0) is 0 Å². The van der Waals surface area contributed by atoms with Gasteiger partial charge in [0.25, 0.3) is 0 Å². The first kappa shape index (κ1) is 9.26. The average molecular weight is 205 g/mol. The van der Waals surface area contributed by atoms with E-state index in [0.29, 0.717) is 11.1 Å². The number of carbonyl (C=O) groups is 1. The Morgan fingerprint density at radius 2 is 2.07 bits per heavy atom. The maximum absolute atomic E-state index is 11.5. The fraction of sp³-hybridized carbons (Fsp3) is 0. The highest BCUT2D eigenvalue weighted by molar-refractivity contribution is 5.88. The lowest BCUT2D eigenvalue weighted by Gasteiger charge is -1.99. The van der Waals surface area contributed by atoms with Gasteiger partial charge in [0.05, 0.1) is 5.39 Å². The van der Waals surface area contributed by atoms with Crippen molar-refractivity contribution in [3.63, 3.8) is 0 Å². The van der Waals surface area contributed by atoms with Gasteiger partial charge in [0.2, 0.25) is 5.76 Å². The predicted molar refractivity (Wildman–Crippen MR) is 53.9 cm³/mol. The number of hydrogen-bond acceptors (Lipinski definition) is 4. The fourth-order valence-corrected chi connectivity index (χ4v) is 1.28. The number of rotatable bonds is 1. The molecule has 3 N–H and O–H groups in total. The molecule has 1 heterocycles. The zero-order valence-electron chi connectivity index (χ0n) is 7.56. The van der Waals surface area contributed by atoms with Gasteiger partial charge in [0.1, 0.15) is 5.58 Å². The summed E-state index contributed by atoms with van der Waals surface area (Å²) in [6.07, 6.45) is 0. The third kappa shape index (κ3) is 1.54. The Morgan fingerprint density at radius 1 is 1.33 bits per heavy atom. The van der Waals surface area contributed by atoms with E-state index in [0.717, 1.165) is 6.07 Å². The summed E-state index contributed by atoms with van der Waals surface area (Å²) in [5.41, 5.74) is 5.69. The van der Waals surface area contributed by atoms with Crippen molar-refractivity contribution in [2.45, 2.75) is 0 Å². The standard InChI is InChI=1S/C10H7NO4/c11-5-1-2-6-7(12)4-9(10(13)14)15-8(6)3-5/h1-4H,11H2,(H,13,14). The molecule has 1 aromatic carbocycles. The molecule has 15 heavy (non-hydrogen) atoms. The van der Waals surface area contributed by atoms with Crippen molar-refractivity contribution in [2.24, 2.45) is 0 Å². The number of anilines is 1. The Labute approximate surface area is 83.7 Å². The van der Waals surface area contributed by atoms with Crippen molar-refractivity contribution < 1.29 is 14.3 Å². The molecular formula is C10H7NO4. The van der Waals surface area contributed by atoms with Crippen LogP contribution in [0.3, 0.4) is 0 Å². The fourth-order valence-electron chi connectivity index (χ4n) is 1.28. The molecule has 0 unspecified atom stereocenters. The molecule has 0 aliphatic rings. The lowest BCUT2D eigenvalue weighted by Crippen LogP contribution is -2.06. The van der Waals surface area contributed by atoms with E-state index in [-0.39, 0.29) is 5.58 Å². The van der Waals surface area contributed by atoms with Gasteiger partial charge in [-0.2, -0.15) is 0 Å². The quantitative estimate of drug-likeness (QED) is 0.679. The van der Waals surface area contributed by atoms with E-state index in [9.17, 15) is 9.59 Å². The number of hydrogen-bond donors (Lipinski definition) is 2. The number of carboxylic acid groups (broad SMARTS) is 1. The third-order valence-electron chi connectivity index (χ3n) is 1.96. The van der Waals surface area contributed by atoms with Gasteiger partial charge in [-0.1, -0.05) is 0 Å². The first-order valence-corrected chi connectivity index (χ1v) is 4.14. The van der Waals surface area contributed by atoms with Crippen molar-refractivity contribution >= 4 is 22.6 Å². The van der Waals surface area contributed by atoms with Gasteiger partial charge in [-0.05, 0) is 12.1 Å². The van der Waals surface area contributed by atoms with Crippen LogP contribution in [0.5, 0.6) is 0 Å². The van der Waals surface area contributed by atoms with Gasteiger partial charge in [0.15, 0.2) is 5.43 Å².